The van der Waals surface area contributed by atoms with Gasteiger partial charge in [-0.3, -0.25) is 29.6 Å². The highest BCUT2D eigenvalue weighted by Crippen LogP contribution is 2.43. The maximum absolute atomic E-state index is 15.3. The van der Waals surface area contributed by atoms with Gasteiger partial charge in [0.2, 0.25) is 23.7 Å². The number of fused-ring (bicyclic) bond motifs is 1. The second-order valence-electron chi connectivity index (χ2n) is 19.1. The van der Waals surface area contributed by atoms with E-state index < -0.39 is 36.5 Å². The van der Waals surface area contributed by atoms with E-state index in [9.17, 15) is 18.9 Å². The Balaban J connectivity index is 0.806. The van der Waals surface area contributed by atoms with Crippen molar-refractivity contribution < 1.29 is 32.5 Å². The number of aromatic nitrogens is 3. The molecular formula is C51H60BrF2N10O5P. The van der Waals surface area contributed by atoms with E-state index in [0.29, 0.717) is 78.6 Å². The average molecular weight is 1040 g/mol. The number of amides is 3. The molecule has 0 bridgehead atoms. The first-order valence-electron chi connectivity index (χ1n) is 24.2. The van der Waals surface area contributed by atoms with Crippen LogP contribution in [0.1, 0.15) is 68.7 Å². The lowest BCUT2D eigenvalue weighted by Gasteiger charge is -2.44. The van der Waals surface area contributed by atoms with Crippen LogP contribution in [0.25, 0.3) is 10.8 Å². The second-order valence-corrected chi connectivity index (χ2v) is 23.1. The van der Waals surface area contributed by atoms with Gasteiger partial charge in [-0.25, -0.2) is 13.8 Å². The number of benzene rings is 3. The average Bonchev–Trinajstić information content (AvgIpc) is 3.83. The predicted molar refractivity (Wildman–Crippen MR) is 274 cm³/mol. The van der Waals surface area contributed by atoms with Gasteiger partial charge in [-0.2, -0.15) is 4.98 Å². The summed E-state index contributed by atoms with van der Waals surface area (Å²) in [6.07, 6.45) is 6.94. The summed E-state index contributed by atoms with van der Waals surface area (Å²) in [6.45, 7) is 15.5. The highest BCUT2D eigenvalue weighted by atomic mass is 79.9. The molecule has 2 unspecified atom stereocenters. The number of hydrogen-bond acceptors (Lipinski definition) is 13. The van der Waals surface area contributed by atoms with Crippen molar-refractivity contribution in [3.63, 3.8) is 0 Å². The highest BCUT2D eigenvalue weighted by Gasteiger charge is 2.37. The molecule has 3 N–H and O–H groups in total. The summed E-state index contributed by atoms with van der Waals surface area (Å²) in [4.78, 5) is 60.4. The first-order valence-corrected chi connectivity index (χ1v) is 27.6. The molecule has 0 radical (unpaired) electrons. The van der Waals surface area contributed by atoms with Gasteiger partial charge in [0, 0.05) is 117 Å². The zero-order chi connectivity index (χ0) is 49.4. The SMILES string of the molecule is CCOc1cc(N2CCC(N3CCN(C(=O)C4CCN(c5cc(F)c(C6CCC(=O)NC6=O)c(F)c5)C4)CC3)CC2)c(CC)cc1Nc1ncc(Br)c(Nc2ccc3cnc(C)cc3c2P(C)(C)=O)n1. The number of hydrogen-bond donors (Lipinski definition) is 3. The standard InChI is InChI=1S/C51H60BrF2N10O5P/c1-6-31-23-42(58-51-56-28-38(52)48(60-51)57-41-10-8-32-27-55-30(3)22-37(32)47(41)70(4,5)68)44(69-7-2)26-43(31)62-16-13-34(14-17-62)61-18-20-63(21-19-61)50(67)33-12-15-64(29-33)35-24-39(53)46(40(54)25-35)36-9-11-45(65)59-49(36)66/h8,10,22-28,33-34,36H,6-7,9,11-21,29H2,1-5H3,(H,59,65,66)(H2,56,57,58,60). The second kappa shape index (κ2) is 20.6. The summed E-state index contributed by atoms with van der Waals surface area (Å²) < 4.78 is 51.3. The third-order valence-corrected chi connectivity index (χ3v) is 16.3. The van der Waals surface area contributed by atoms with Gasteiger partial charge in [-0.15, -0.1) is 0 Å². The molecular weight excluding hydrogens is 981 g/mol. The van der Waals surface area contributed by atoms with Crippen LogP contribution in [-0.4, -0.2) is 121 Å². The maximum Gasteiger partial charge on any atom is 0.234 e. The minimum atomic E-state index is -2.75. The minimum absolute atomic E-state index is 0.0263. The zero-order valence-corrected chi connectivity index (χ0v) is 42.8. The molecule has 6 heterocycles. The van der Waals surface area contributed by atoms with Gasteiger partial charge in [0.05, 0.1) is 34.3 Å². The normalized spacial score (nSPS) is 19.5. The number of nitrogens with zero attached hydrogens (tertiary/aromatic N) is 7. The number of carbonyl (C=O) groups excluding carboxylic acids is 3. The van der Waals surface area contributed by atoms with Crippen molar-refractivity contribution in [1.82, 2.24) is 30.1 Å². The van der Waals surface area contributed by atoms with Gasteiger partial charge in [0.15, 0.2) is 0 Å². The molecule has 2 aromatic heterocycles. The molecule has 4 aliphatic rings. The van der Waals surface area contributed by atoms with Crippen molar-refractivity contribution in [1.29, 1.82) is 0 Å². The monoisotopic (exact) mass is 1040 g/mol. The first kappa shape index (κ1) is 49.3. The number of ether oxygens (including phenoxy) is 1. The predicted octanol–water partition coefficient (Wildman–Crippen LogP) is 8.23. The molecule has 0 aliphatic carbocycles. The van der Waals surface area contributed by atoms with Crippen LogP contribution in [0.5, 0.6) is 5.75 Å². The van der Waals surface area contributed by atoms with Gasteiger partial charge >= 0.3 is 0 Å². The third-order valence-electron chi connectivity index (χ3n) is 14.2. The molecule has 4 aliphatic heterocycles. The summed E-state index contributed by atoms with van der Waals surface area (Å²) in [5.41, 5.74) is 4.64. The van der Waals surface area contributed by atoms with E-state index in [2.05, 4.69) is 70.7 Å². The number of pyridine rings is 1. The highest BCUT2D eigenvalue weighted by molar-refractivity contribution is 9.10. The van der Waals surface area contributed by atoms with E-state index in [0.717, 1.165) is 78.6 Å². The van der Waals surface area contributed by atoms with Crippen LogP contribution in [0.15, 0.2) is 59.3 Å². The fourth-order valence-electron chi connectivity index (χ4n) is 10.6. The zero-order valence-electron chi connectivity index (χ0n) is 40.3. The van der Waals surface area contributed by atoms with E-state index in [4.69, 9.17) is 9.72 Å². The van der Waals surface area contributed by atoms with Crippen molar-refractivity contribution >= 4 is 91.4 Å². The Morgan fingerprint density at radius 3 is 2.30 bits per heavy atom. The number of aryl methyl sites for hydroxylation is 2. The fraction of sp³-hybridized carbons (Fsp3) is 0.451. The Labute approximate surface area is 415 Å². The van der Waals surface area contributed by atoms with E-state index >= 15 is 8.78 Å². The fourth-order valence-corrected chi connectivity index (χ4v) is 12.4. The van der Waals surface area contributed by atoms with Crippen molar-refractivity contribution in [2.45, 2.75) is 71.3 Å². The summed E-state index contributed by atoms with van der Waals surface area (Å²) in [5.74, 6) is -2.45. The van der Waals surface area contributed by atoms with E-state index in [1.54, 1.807) is 19.5 Å². The summed E-state index contributed by atoms with van der Waals surface area (Å²) in [7, 11) is -2.75. The van der Waals surface area contributed by atoms with E-state index in [1.807, 2.05) is 48.0 Å². The van der Waals surface area contributed by atoms with E-state index in [1.165, 1.54) is 17.7 Å². The van der Waals surface area contributed by atoms with Crippen LogP contribution in [0, 0.1) is 24.5 Å². The van der Waals surface area contributed by atoms with Crippen LogP contribution in [0.3, 0.4) is 0 Å². The Morgan fingerprint density at radius 2 is 1.61 bits per heavy atom. The quantitative estimate of drug-likeness (QED) is 0.0764. The Hall–Kier alpha value is -5.71. The van der Waals surface area contributed by atoms with Crippen LogP contribution in [0.2, 0.25) is 0 Å². The van der Waals surface area contributed by atoms with Crippen LogP contribution >= 0.6 is 23.1 Å². The van der Waals surface area contributed by atoms with Crippen LogP contribution < -0.4 is 35.8 Å². The lowest BCUT2D eigenvalue weighted by atomic mass is 9.89. The number of halogens is 3. The minimum Gasteiger partial charge on any atom is -0.492 e. The molecule has 0 saturated carbocycles. The molecule has 15 nitrogen and oxygen atoms in total. The van der Waals surface area contributed by atoms with Gasteiger partial charge in [-0.05, 0) is 116 Å². The summed E-state index contributed by atoms with van der Waals surface area (Å²) in [5, 5.41) is 11.6. The molecule has 2 atom stereocenters. The van der Waals surface area contributed by atoms with Gasteiger partial charge in [0.25, 0.3) is 0 Å². The molecule has 9 rings (SSSR count). The number of carbonyl (C=O) groups is 3. The van der Waals surface area contributed by atoms with Gasteiger partial charge < -0.3 is 34.6 Å². The summed E-state index contributed by atoms with van der Waals surface area (Å²) in [6, 6.07) is 13.0. The third kappa shape index (κ3) is 10.4. The molecule has 4 fully saturated rings. The summed E-state index contributed by atoms with van der Waals surface area (Å²) >= 11 is 3.62. The first-order chi connectivity index (χ1) is 33.6. The van der Waals surface area contributed by atoms with Gasteiger partial charge in [0.1, 0.15) is 30.3 Å². The van der Waals surface area contributed by atoms with Crippen molar-refractivity contribution in [3.8, 4) is 5.75 Å². The molecule has 19 heteroatoms. The molecule has 0 spiro atoms. The number of imide groups is 1. The van der Waals surface area contributed by atoms with Crippen molar-refractivity contribution in [2.75, 3.05) is 92.7 Å². The number of nitrogens with one attached hydrogen (secondary N) is 3. The number of anilines is 6. The molecule has 3 amide bonds. The van der Waals surface area contributed by atoms with Crippen molar-refractivity contribution in [2.24, 2.45) is 5.92 Å². The Kier molecular flexibility index (Phi) is 14.5. The molecule has 5 aromatic rings. The lowest BCUT2D eigenvalue weighted by Crippen LogP contribution is -2.55. The topological polar surface area (TPSA) is 165 Å². The largest absolute Gasteiger partial charge is 0.492 e. The Morgan fingerprint density at radius 1 is 0.886 bits per heavy atom. The lowest BCUT2D eigenvalue weighted by molar-refractivity contribution is -0.137. The molecule has 370 valence electrons. The van der Waals surface area contributed by atoms with Crippen LogP contribution in [-0.2, 0) is 25.4 Å². The smallest absolute Gasteiger partial charge is 0.234 e. The molecule has 3 aromatic carbocycles. The van der Waals surface area contributed by atoms with Crippen LogP contribution in [0.4, 0.5) is 43.3 Å². The Bertz CT molecular complexity index is 2860. The van der Waals surface area contributed by atoms with E-state index in [-0.39, 0.29) is 30.2 Å². The number of piperazine rings is 1. The number of rotatable bonds is 13. The molecule has 4 saturated heterocycles. The maximum atomic E-state index is 15.3. The molecule has 70 heavy (non-hydrogen) atoms. The van der Waals surface area contributed by atoms with Crippen molar-refractivity contribution in [3.05, 3.63) is 87.8 Å². The van der Waals surface area contributed by atoms with Gasteiger partial charge in [-0.1, -0.05) is 13.0 Å². The number of piperidine rings is 2.